The topological polar surface area (TPSA) is 53.1 Å². The van der Waals surface area contributed by atoms with E-state index in [0.717, 1.165) is 50.2 Å². The molecule has 0 bridgehead atoms. The van der Waals surface area contributed by atoms with Crippen LogP contribution >= 0.6 is 0 Å². The van der Waals surface area contributed by atoms with Gasteiger partial charge >= 0.3 is 0 Å². The minimum absolute atomic E-state index is 0.0718. The van der Waals surface area contributed by atoms with Crippen LogP contribution in [0.2, 0.25) is 0 Å². The summed E-state index contributed by atoms with van der Waals surface area (Å²) in [6, 6.07) is 7.83. The molecule has 0 aromatic heterocycles. The van der Waals surface area contributed by atoms with E-state index in [0.29, 0.717) is 13.1 Å². The highest BCUT2D eigenvalue weighted by Gasteiger charge is 2.65. The van der Waals surface area contributed by atoms with Gasteiger partial charge in [-0.1, -0.05) is 25.0 Å². The lowest BCUT2D eigenvalue weighted by molar-refractivity contribution is -0.185. The quantitative estimate of drug-likeness (QED) is 0.748. The van der Waals surface area contributed by atoms with Gasteiger partial charge in [-0.05, 0) is 38.8 Å². The van der Waals surface area contributed by atoms with E-state index in [-0.39, 0.29) is 23.9 Å². The minimum atomic E-state index is -0.416. The summed E-state index contributed by atoms with van der Waals surface area (Å²) in [7, 11) is 1.69. The summed E-state index contributed by atoms with van der Waals surface area (Å²) in [4.78, 5) is 32.4. The molecule has 6 heteroatoms. The van der Waals surface area contributed by atoms with Crippen molar-refractivity contribution < 1.29 is 14.3 Å². The number of piperazine rings is 1. The van der Waals surface area contributed by atoms with Crippen LogP contribution < -0.4 is 9.64 Å². The van der Waals surface area contributed by atoms with E-state index in [1.807, 2.05) is 41.8 Å². The van der Waals surface area contributed by atoms with E-state index in [2.05, 4.69) is 11.0 Å². The lowest BCUT2D eigenvalue weighted by Gasteiger charge is -2.56. The Bertz CT molecular complexity index is 749. The van der Waals surface area contributed by atoms with E-state index in [9.17, 15) is 9.59 Å². The number of methoxy groups -OCH3 is 1. The molecule has 1 saturated carbocycles. The predicted octanol–water partition coefficient (Wildman–Crippen LogP) is 2.52. The van der Waals surface area contributed by atoms with Crippen molar-refractivity contribution in [1.29, 1.82) is 0 Å². The minimum Gasteiger partial charge on any atom is -0.495 e. The zero-order valence-corrected chi connectivity index (χ0v) is 17.2. The van der Waals surface area contributed by atoms with Gasteiger partial charge in [0.25, 0.3) is 0 Å². The number of benzene rings is 1. The molecule has 1 aromatic carbocycles. The molecule has 2 saturated heterocycles. The predicted molar refractivity (Wildman–Crippen MR) is 108 cm³/mol. The molecule has 0 N–H and O–H groups in total. The summed E-state index contributed by atoms with van der Waals surface area (Å²) in [5, 5.41) is 0. The average Bonchev–Trinajstić information content (AvgIpc) is 3.23. The number of carbonyl (C=O) groups excluding carboxylic acids is 2. The second-order valence-corrected chi connectivity index (χ2v) is 8.56. The number of amides is 2. The molecule has 3 aliphatic rings. The van der Waals surface area contributed by atoms with Gasteiger partial charge in [-0.2, -0.15) is 0 Å². The third kappa shape index (κ3) is 2.85. The summed E-state index contributed by atoms with van der Waals surface area (Å²) in [5.74, 6) is 1.21. The number of hydrogen-bond acceptors (Lipinski definition) is 4. The standard InChI is InChI=1S/C22H31N3O3/c1-16(2)25-19(22(21(25)27)10-6-7-11-22)20(26)24-14-12-23(13-15-24)17-8-4-5-9-18(17)28-3/h4-5,8-9,16,19H,6-7,10-15H2,1-3H3. The van der Waals surface area contributed by atoms with Crippen LogP contribution in [-0.4, -0.2) is 67.0 Å². The zero-order chi connectivity index (χ0) is 19.9. The van der Waals surface area contributed by atoms with Crippen LogP contribution in [0.1, 0.15) is 39.5 Å². The summed E-state index contributed by atoms with van der Waals surface area (Å²) >= 11 is 0. The van der Waals surface area contributed by atoms with Gasteiger partial charge in [0, 0.05) is 32.2 Å². The van der Waals surface area contributed by atoms with Crippen molar-refractivity contribution in [3.8, 4) is 5.75 Å². The molecule has 4 rings (SSSR count). The summed E-state index contributed by atoms with van der Waals surface area (Å²) in [5.41, 5.74) is 0.660. The lowest BCUT2D eigenvalue weighted by Crippen LogP contribution is -2.74. The summed E-state index contributed by atoms with van der Waals surface area (Å²) in [6.45, 7) is 6.95. The van der Waals surface area contributed by atoms with Crippen LogP contribution in [0.4, 0.5) is 5.69 Å². The molecule has 1 aromatic rings. The smallest absolute Gasteiger partial charge is 0.246 e. The maximum atomic E-state index is 13.5. The molecule has 2 heterocycles. The highest BCUT2D eigenvalue weighted by Crippen LogP contribution is 2.52. The van der Waals surface area contributed by atoms with E-state index >= 15 is 0 Å². The number of ether oxygens (including phenoxy) is 1. The van der Waals surface area contributed by atoms with Gasteiger partial charge < -0.3 is 19.4 Å². The third-order valence-electron chi connectivity index (χ3n) is 6.77. The molecule has 0 radical (unpaired) electrons. The maximum absolute atomic E-state index is 13.5. The van der Waals surface area contributed by atoms with Crippen molar-refractivity contribution in [3.63, 3.8) is 0 Å². The van der Waals surface area contributed by atoms with Crippen LogP contribution in [0.3, 0.4) is 0 Å². The van der Waals surface area contributed by atoms with Gasteiger partial charge in [0.15, 0.2) is 0 Å². The number of para-hydroxylation sites is 2. The molecule has 28 heavy (non-hydrogen) atoms. The molecule has 152 valence electrons. The van der Waals surface area contributed by atoms with E-state index in [4.69, 9.17) is 4.74 Å². The van der Waals surface area contributed by atoms with Crippen LogP contribution in [0.5, 0.6) is 5.75 Å². The van der Waals surface area contributed by atoms with Crippen molar-refractivity contribution in [2.24, 2.45) is 5.41 Å². The Balaban J connectivity index is 1.47. The van der Waals surface area contributed by atoms with Gasteiger partial charge in [0.2, 0.25) is 11.8 Å². The lowest BCUT2D eigenvalue weighted by atomic mass is 9.67. The first kappa shape index (κ1) is 19.1. The van der Waals surface area contributed by atoms with Crippen molar-refractivity contribution in [2.45, 2.75) is 51.6 Å². The van der Waals surface area contributed by atoms with Gasteiger partial charge in [-0.25, -0.2) is 0 Å². The monoisotopic (exact) mass is 385 g/mol. The first-order valence-electron chi connectivity index (χ1n) is 10.5. The van der Waals surface area contributed by atoms with E-state index < -0.39 is 5.41 Å². The van der Waals surface area contributed by atoms with Gasteiger partial charge in [-0.3, -0.25) is 9.59 Å². The van der Waals surface area contributed by atoms with Crippen molar-refractivity contribution in [2.75, 3.05) is 38.2 Å². The molecule has 3 fully saturated rings. The molecule has 1 atom stereocenters. The number of anilines is 1. The molecule has 1 unspecified atom stereocenters. The number of rotatable bonds is 4. The molecule has 1 aliphatic carbocycles. The number of nitrogens with zero attached hydrogens (tertiary/aromatic N) is 3. The SMILES string of the molecule is COc1ccccc1N1CCN(C(=O)C2N(C(C)C)C(=O)C23CCCC3)CC1. The number of β-lactam (4-membered cyclic amide) rings is 1. The Morgan fingerprint density at radius 1 is 1.11 bits per heavy atom. The molecule has 6 nitrogen and oxygen atoms in total. The maximum Gasteiger partial charge on any atom is 0.246 e. The highest BCUT2D eigenvalue weighted by atomic mass is 16.5. The second-order valence-electron chi connectivity index (χ2n) is 8.56. The normalized spacial score (nSPS) is 24.1. The Morgan fingerprint density at radius 2 is 1.75 bits per heavy atom. The van der Waals surface area contributed by atoms with Crippen LogP contribution in [0, 0.1) is 5.41 Å². The fourth-order valence-electron chi connectivity index (χ4n) is 5.30. The summed E-state index contributed by atoms with van der Waals surface area (Å²) in [6.07, 6.45) is 3.85. The molecule has 1 spiro atoms. The Morgan fingerprint density at radius 3 is 2.36 bits per heavy atom. The number of hydrogen-bond donors (Lipinski definition) is 0. The molecule has 2 amide bonds. The van der Waals surface area contributed by atoms with E-state index in [1.165, 1.54) is 0 Å². The van der Waals surface area contributed by atoms with Crippen molar-refractivity contribution >= 4 is 17.5 Å². The van der Waals surface area contributed by atoms with Crippen molar-refractivity contribution in [1.82, 2.24) is 9.80 Å². The second kappa shape index (κ2) is 7.30. The number of carbonyl (C=O) groups is 2. The van der Waals surface area contributed by atoms with Crippen LogP contribution in [-0.2, 0) is 9.59 Å². The van der Waals surface area contributed by atoms with Gasteiger partial charge in [0.1, 0.15) is 11.8 Å². The van der Waals surface area contributed by atoms with Gasteiger partial charge in [0.05, 0.1) is 18.2 Å². The zero-order valence-electron chi connectivity index (χ0n) is 17.2. The van der Waals surface area contributed by atoms with E-state index in [1.54, 1.807) is 7.11 Å². The Kier molecular flexibility index (Phi) is 4.98. The van der Waals surface area contributed by atoms with Crippen molar-refractivity contribution in [3.05, 3.63) is 24.3 Å². The van der Waals surface area contributed by atoms with Crippen LogP contribution in [0.25, 0.3) is 0 Å². The first-order valence-corrected chi connectivity index (χ1v) is 10.5. The third-order valence-corrected chi connectivity index (χ3v) is 6.77. The summed E-state index contributed by atoms with van der Waals surface area (Å²) < 4.78 is 5.49. The largest absolute Gasteiger partial charge is 0.495 e. The fourth-order valence-corrected chi connectivity index (χ4v) is 5.30. The molecular formula is C22H31N3O3. The fraction of sp³-hybridized carbons (Fsp3) is 0.636. The average molecular weight is 386 g/mol. The number of likely N-dealkylation sites (tertiary alicyclic amines) is 1. The molecule has 2 aliphatic heterocycles. The highest BCUT2D eigenvalue weighted by molar-refractivity contribution is 6.02. The Hall–Kier alpha value is -2.24. The van der Waals surface area contributed by atoms with Gasteiger partial charge in [-0.15, -0.1) is 0 Å². The first-order chi connectivity index (χ1) is 13.5. The molecular weight excluding hydrogens is 354 g/mol. The van der Waals surface area contributed by atoms with Crippen LogP contribution in [0.15, 0.2) is 24.3 Å². The Labute approximate surface area is 167 Å².